The van der Waals surface area contributed by atoms with Gasteiger partial charge in [0, 0.05) is 27.3 Å². The van der Waals surface area contributed by atoms with Crippen LogP contribution in [0.5, 0.6) is 0 Å². The van der Waals surface area contributed by atoms with Gasteiger partial charge in [0.25, 0.3) is 0 Å². The van der Waals surface area contributed by atoms with Crippen LogP contribution < -0.4 is 5.32 Å². The molecule has 0 saturated carbocycles. The van der Waals surface area contributed by atoms with Gasteiger partial charge in [0.2, 0.25) is 5.91 Å². The lowest BCUT2D eigenvalue weighted by Crippen LogP contribution is -2.33. The predicted molar refractivity (Wildman–Crippen MR) is 113 cm³/mol. The molecule has 0 spiro atoms. The lowest BCUT2D eigenvalue weighted by molar-refractivity contribution is -0.116. The molecule has 0 bridgehead atoms. The zero-order valence-corrected chi connectivity index (χ0v) is 17.0. The van der Waals surface area contributed by atoms with Crippen molar-refractivity contribution in [3.05, 3.63) is 71.2 Å². The lowest BCUT2D eigenvalue weighted by Gasteiger charge is -2.24. The molecule has 2 atom stereocenters. The second-order valence-corrected chi connectivity index (χ2v) is 9.92. The second kappa shape index (κ2) is 7.54. The molecule has 0 fully saturated rings. The second-order valence-electron chi connectivity index (χ2n) is 6.68. The Morgan fingerprint density at radius 2 is 1.86 bits per heavy atom. The molecule has 0 saturated heterocycles. The van der Waals surface area contributed by atoms with Crippen molar-refractivity contribution in [3.8, 4) is 0 Å². The average molecular weight is 434 g/mol. The summed E-state index contributed by atoms with van der Waals surface area (Å²) in [4.78, 5) is 33.7. The topological polar surface area (TPSA) is 86.6 Å². The standard InChI is InChI=1S/C20H17ClNO4PS/c21-14-6-8-18-16(10-14)17(11-28-18)19(27(24,25)26)20(23)22-15-7-5-12-3-1-2-4-13(12)9-15/h1-10,17,19H,11H2,(H,22,23)(H2,24,25,26). The molecule has 144 valence electrons. The van der Waals surface area contributed by atoms with E-state index >= 15 is 0 Å². The molecule has 0 radical (unpaired) electrons. The number of fused-ring (bicyclic) bond motifs is 2. The van der Waals surface area contributed by atoms with Crippen LogP contribution >= 0.6 is 31.0 Å². The lowest BCUT2D eigenvalue weighted by atomic mass is 9.97. The van der Waals surface area contributed by atoms with Crippen LogP contribution in [0.2, 0.25) is 5.02 Å². The van der Waals surface area contributed by atoms with Crippen molar-refractivity contribution in [3.63, 3.8) is 0 Å². The summed E-state index contributed by atoms with van der Waals surface area (Å²) in [5.41, 5.74) is -0.273. The summed E-state index contributed by atoms with van der Waals surface area (Å²) in [6, 6.07) is 18.3. The minimum Gasteiger partial charge on any atom is -0.325 e. The van der Waals surface area contributed by atoms with E-state index in [0.717, 1.165) is 15.7 Å². The number of anilines is 1. The highest BCUT2D eigenvalue weighted by Gasteiger charge is 2.45. The molecule has 28 heavy (non-hydrogen) atoms. The molecule has 3 N–H and O–H groups in total. The van der Waals surface area contributed by atoms with Crippen LogP contribution in [0.1, 0.15) is 11.5 Å². The molecule has 3 aromatic carbocycles. The molecule has 0 aromatic heterocycles. The van der Waals surface area contributed by atoms with Gasteiger partial charge < -0.3 is 15.1 Å². The molecule has 8 heteroatoms. The first kappa shape index (κ1) is 19.5. The van der Waals surface area contributed by atoms with Crippen LogP contribution in [-0.2, 0) is 9.36 Å². The Labute approximate surface area is 171 Å². The Hall–Kier alpha value is -1.82. The fourth-order valence-electron chi connectivity index (χ4n) is 3.52. The Morgan fingerprint density at radius 1 is 1.11 bits per heavy atom. The van der Waals surface area contributed by atoms with E-state index in [9.17, 15) is 19.1 Å². The van der Waals surface area contributed by atoms with Crippen molar-refractivity contribution in [1.29, 1.82) is 0 Å². The quantitative estimate of drug-likeness (QED) is 0.511. The maximum atomic E-state index is 12.9. The third-order valence-electron chi connectivity index (χ3n) is 4.82. The number of carbonyl (C=O) groups is 1. The number of thioether (sulfide) groups is 1. The molecule has 1 aliphatic rings. The van der Waals surface area contributed by atoms with Gasteiger partial charge in [-0.3, -0.25) is 9.36 Å². The number of amides is 1. The third-order valence-corrected chi connectivity index (χ3v) is 7.58. The Kier molecular flexibility index (Phi) is 5.25. The molecule has 1 aliphatic heterocycles. The Morgan fingerprint density at radius 3 is 2.61 bits per heavy atom. The highest BCUT2D eigenvalue weighted by Crippen LogP contribution is 2.54. The first-order valence-electron chi connectivity index (χ1n) is 8.60. The maximum absolute atomic E-state index is 12.9. The predicted octanol–water partition coefficient (Wildman–Crippen LogP) is 4.87. The number of halogens is 1. The van der Waals surface area contributed by atoms with Crippen molar-refractivity contribution in [1.82, 2.24) is 0 Å². The van der Waals surface area contributed by atoms with Gasteiger partial charge in [-0.15, -0.1) is 11.8 Å². The van der Waals surface area contributed by atoms with Crippen molar-refractivity contribution in [2.75, 3.05) is 11.1 Å². The zero-order valence-electron chi connectivity index (χ0n) is 14.6. The van der Waals surface area contributed by atoms with E-state index in [-0.39, 0.29) is 0 Å². The van der Waals surface area contributed by atoms with Crippen LogP contribution in [0.3, 0.4) is 0 Å². The first-order valence-corrected chi connectivity index (χ1v) is 11.6. The van der Waals surface area contributed by atoms with E-state index in [4.69, 9.17) is 11.6 Å². The van der Waals surface area contributed by atoms with Crippen LogP contribution in [0, 0.1) is 0 Å². The maximum Gasteiger partial charge on any atom is 0.338 e. The Bertz CT molecular complexity index is 1120. The number of hydrogen-bond acceptors (Lipinski definition) is 3. The molecule has 1 amide bonds. The molecule has 1 heterocycles. The number of nitrogens with one attached hydrogen (secondary N) is 1. The average Bonchev–Trinajstić information content (AvgIpc) is 3.03. The smallest absolute Gasteiger partial charge is 0.325 e. The summed E-state index contributed by atoms with van der Waals surface area (Å²) < 4.78 is 12.2. The highest BCUT2D eigenvalue weighted by atomic mass is 35.5. The van der Waals surface area contributed by atoms with Crippen LogP contribution in [0.4, 0.5) is 5.69 Å². The van der Waals surface area contributed by atoms with Gasteiger partial charge in [-0.1, -0.05) is 41.9 Å². The van der Waals surface area contributed by atoms with Crippen molar-refractivity contribution >= 4 is 53.3 Å². The molecule has 2 unspecified atom stereocenters. The monoisotopic (exact) mass is 433 g/mol. The summed E-state index contributed by atoms with van der Waals surface area (Å²) in [5.74, 6) is -0.890. The van der Waals surface area contributed by atoms with E-state index < -0.39 is 25.1 Å². The molecular formula is C20H17ClNO4PS. The Balaban J connectivity index is 1.66. The third kappa shape index (κ3) is 3.84. The first-order chi connectivity index (χ1) is 13.3. The number of rotatable bonds is 4. The van der Waals surface area contributed by atoms with Gasteiger partial charge in [0.1, 0.15) is 5.66 Å². The summed E-state index contributed by atoms with van der Waals surface area (Å²) in [5, 5.41) is 5.12. The minimum absolute atomic E-state index is 0.413. The van der Waals surface area contributed by atoms with Crippen LogP contribution in [0.25, 0.3) is 10.8 Å². The van der Waals surface area contributed by atoms with Gasteiger partial charge in [-0.25, -0.2) is 0 Å². The van der Waals surface area contributed by atoms with Crippen LogP contribution in [0.15, 0.2) is 65.6 Å². The van der Waals surface area contributed by atoms with E-state index in [2.05, 4.69) is 5.32 Å². The van der Waals surface area contributed by atoms with Crippen molar-refractivity contribution in [2.24, 2.45) is 0 Å². The van der Waals surface area contributed by atoms with Gasteiger partial charge in [-0.2, -0.15) is 0 Å². The van der Waals surface area contributed by atoms with Crippen molar-refractivity contribution < 1.29 is 19.1 Å². The molecule has 4 rings (SSSR count). The highest BCUT2D eigenvalue weighted by molar-refractivity contribution is 7.99. The number of carbonyl (C=O) groups excluding carboxylic acids is 1. The normalized spacial score (nSPS) is 17.3. The number of benzene rings is 3. The fraction of sp³-hybridized carbons (Fsp3) is 0.150. The largest absolute Gasteiger partial charge is 0.338 e. The molecule has 0 aliphatic carbocycles. The summed E-state index contributed by atoms with van der Waals surface area (Å²) in [6.45, 7) is 0. The summed E-state index contributed by atoms with van der Waals surface area (Å²) in [6.07, 6.45) is 0. The van der Waals surface area contributed by atoms with E-state index in [1.807, 2.05) is 36.4 Å². The zero-order chi connectivity index (χ0) is 19.9. The van der Waals surface area contributed by atoms with E-state index in [0.29, 0.717) is 22.0 Å². The molecule has 5 nitrogen and oxygen atoms in total. The summed E-state index contributed by atoms with van der Waals surface area (Å²) in [7, 11) is -4.71. The summed E-state index contributed by atoms with van der Waals surface area (Å²) >= 11 is 7.54. The van der Waals surface area contributed by atoms with E-state index in [1.54, 1.807) is 24.3 Å². The fourth-order valence-corrected chi connectivity index (χ4v) is 6.22. The minimum atomic E-state index is -4.71. The van der Waals surface area contributed by atoms with E-state index in [1.165, 1.54) is 11.8 Å². The molecule has 3 aromatic rings. The van der Waals surface area contributed by atoms with Gasteiger partial charge in [-0.05, 0) is 46.7 Å². The number of hydrogen-bond donors (Lipinski definition) is 3. The van der Waals surface area contributed by atoms with Crippen LogP contribution in [-0.4, -0.2) is 27.1 Å². The van der Waals surface area contributed by atoms with Gasteiger partial charge >= 0.3 is 7.60 Å². The SMILES string of the molecule is O=C(Nc1ccc2ccccc2c1)C(C1CSc2ccc(Cl)cc21)P(=O)(O)O. The van der Waals surface area contributed by atoms with Crippen molar-refractivity contribution in [2.45, 2.75) is 16.5 Å². The van der Waals surface area contributed by atoms with Gasteiger partial charge in [0.15, 0.2) is 0 Å². The molecular weight excluding hydrogens is 417 g/mol. The van der Waals surface area contributed by atoms with Gasteiger partial charge in [0.05, 0.1) is 0 Å².